The predicted octanol–water partition coefficient (Wildman–Crippen LogP) is 3.42. The van der Waals surface area contributed by atoms with Crippen molar-refractivity contribution in [3.63, 3.8) is 0 Å². The summed E-state index contributed by atoms with van der Waals surface area (Å²) in [6.07, 6.45) is 3.29. The summed E-state index contributed by atoms with van der Waals surface area (Å²) in [6.45, 7) is 6.39. The van der Waals surface area contributed by atoms with Crippen molar-refractivity contribution in [3.05, 3.63) is 29.8 Å². The Morgan fingerprint density at radius 1 is 1.24 bits per heavy atom. The van der Waals surface area contributed by atoms with Crippen LogP contribution in [0.15, 0.2) is 24.3 Å². The van der Waals surface area contributed by atoms with Gasteiger partial charge in [-0.3, -0.25) is 0 Å². The standard InChI is InChI=1S/C15H24O2/c1-4-5-8-13-9-6-7-10-14(13)17-15(11-16)12(2)3/h6-7,9-10,12,15-16H,4-5,8,11H2,1-3H3. The average molecular weight is 236 g/mol. The molecular formula is C15H24O2. The normalized spacial score (nSPS) is 12.8. The molecule has 0 saturated heterocycles. The summed E-state index contributed by atoms with van der Waals surface area (Å²) in [5.41, 5.74) is 1.24. The van der Waals surface area contributed by atoms with Crippen molar-refractivity contribution in [2.45, 2.75) is 46.1 Å². The molecule has 96 valence electrons. The van der Waals surface area contributed by atoms with E-state index in [0.717, 1.165) is 12.2 Å². The molecule has 17 heavy (non-hydrogen) atoms. The second-order valence-corrected chi connectivity index (χ2v) is 4.79. The van der Waals surface area contributed by atoms with E-state index in [1.165, 1.54) is 18.4 Å². The van der Waals surface area contributed by atoms with Gasteiger partial charge >= 0.3 is 0 Å². The maximum absolute atomic E-state index is 9.30. The summed E-state index contributed by atoms with van der Waals surface area (Å²) >= 11 is 0. The zero-order valence-corrected chi connectivity index (χ0v) is 11.1. The minimum absolute atomic E-state index is 0.0692. The molecule has 0 saturated carbocycles. The van der Waals surface area contributed by atoms with Crippen molar-refractivity contribution in [2.24, 2.45) is 5.92 Å². The Bertz CT molecular complexity index is 320. The van der Waals surface area contributed by atoms with Gasteiger partial charge in [0.25, 0.3) is 0 Å². The number of rotatable bonds is 7. The summed E-state index contributed by atoms with van der Waals surface area (Å²) in [6, 6.07) is 8.14. The van der Waals surface area contributed by atoms with Crippen molar-refractivity contribution in [3.8, 4) is 5.75 Å². The van der Waals surface area contributed by atoms with Crippen LogP contribution in [-0.4, -0.2) is 17.8 Å². The van der Waals surface area contributed by atoms with Crippen LogP contribution in [0.1, 0.15) is 39.2 Å². The van der Waals surface area contributed by atoms with E-state index in [-0.39, 0.29) is 12.7 Å². The zero-order chi connectivity index (χ0) is 12.7. The second kappa shape index (κ2) is 7.33. The Morgan fingerprint density at radius 3 is 2.53 bits per heavy atom. The molecule has 0 heterocycles. The van der Waals surface area contributed by atoms with Gasteiger partial charge < -0.3 is 9.84 Å². The Morgan fingerprint density at radius 2 is 1.94 bits per heavy atom. The van der Waals surface area contributed by atoms with Gasteiger partial charge in [0.2, 0.25) is 0 Å². The summed E-state index contributed by atoms with van der Waals surface area (Å²) < 4.78 is 5.90. The maximum Gasteiger partial charge on any atom is 0.124 e. The lowest BCUT2D eigenvalue weighted by molar-refractivity contribution is 0.0793. The van der Waals surface area contributed by atoms with E-state index in [0.29, 0.717) is 5.92 Å². The molecule has 0 aliphatic heterocycles. The van der Waals surface area contributed by atoms with E-state index < -0.39 is 0 Å². The highest BCUT2D eigenvalue weighted by Gasteiger charge is 2.15. The van der Waals surface area contributed by atoms with E-state index in [9.17, 15) is 5.11 Å². The number of aliphatic hydroxyl groups is 1. The van der Waals surface area contributed by atoms with Crippen molar-refractivity contribution in [1.29, 1.82) is 0 Å². The third-order valence-electron chi connectivity index (χ3n) is 2.97. The highest BCUT2D eigenvalue weighted by molar-refractivity contribution is 5.33. The minimum Gasteiger partial charge on any atom is -0.487 e. The van der Waals surface area contributed by atoms with Crippen LogP contribution in [0.25, 0.3) is 0 Å². The number of aryl methyl sites for hydroxylation is 1. The number of hydrogen-bond donors (Lipinski definition) is 1. The van der Waals surface area contributed by atoms with Gasteiger partial charge in [0.15, 0.2) is 0 Å². The molecule has 2 nitrogen and oxygen atoms in total. The Balaban J connectivity index is 2.74. The van der Waals surface area contributed by atoms with Gasteiger partial charge in [0.05, 0.1) is 6.61 Å². The van der Waals surface area contributed by atoms with Crippen LogP contribution in [0.4, 0.5) is 0 Å². The first-order valence-corrected chi connectivity index (χ1v) is 6.54. The molecule has 0 fully saturated rings. The van der Waals surface area contributed by atoms with Crippen molar-refractivity contribution in [2.75, 3.05) is 6.61 Å². The van der Waals surface area contributed by atoms with Crippen molar-refractivity contribution < 1.29 is 9.84 Å². The molecule has 0 spiro atoms. The van der Waals surface area contributed by atoms with Gasteiger partial charge in [-0.2, -0.15) is 0 Å². The van der Waals surface area contributed by atoms with Gasteiger partial charge in [-0.25, -0.2) is 0 Å². The Kier molecular flexibility index (Phi) is 6.06. The Hall–Kier alpha value is -1.02. The molecule has 2 heteroatoms. The lowest BCUT2D eigenvalue weighted by Gasteiger charge is -2.22. The molecule has 1 N–H and O–H groups in total. The summed E-state index contributed by atoms with van der Waals surface area (Å²) in [5, 5.41) is 9.30. The fraction of sp³-hybridized carbons (Fsp3) is 0.600. The maximum atomic E-state index is 9.30. The van der Waals surface area contributed by atoms with Crippen LogP contribution in [-0.2, 0) is 6.42 Å². The molecule has 0 aliphatic carbocycles. The monoisotopic (exact) mass is 236 g/mol. The number of benzene rings is 1. The summed E-state index contributed by atoms with van der Waals surface area (Å²) in [7, 11) is 0. The van der Waals surface area contributed by atoms with Crippen LogP contribution >= 0.6 is 0 Å². The van der Waals surface area contributed by atoms with E-state index in [4.69, 9.17) is 4.74 Å². The van der Waals surface area contributed by atoms with E-state index in [1.807, 2.05) is 18.2 Å². The highest BCUT2D eigenvalue weighted by Crippen LogP contribution is 2.23. The van der Waals surface area contributed by atoms with Crippen LogP contribution in [0.2, 0.25) is 0 Å². The number of ether oxygens (including phenoxy) is 1. The number of aliphatic hydroxyl groups excluding tert-OH is 1. The first-order valence-electron chi connectivity index (χ1n) is 6.54. The SMILES string of the molecule is CCCCc1ccccc1OC(CO)C(C)C. The summed E-state index contributed by atoms with van der Waals surface area (Å²) in [4.78, 5) is 0. The smallest absolute Gasteiger partial charge is 0.124 e. The van der Waals surface area contributed by atoms with Crippen LogP contribution < -0.4 is 4.74 Å². The van der Waals surface area contributed by atoms with Crippen LogP contribution in [0.5, 0.6) is 5.75 Å². The highest BCUT2D eigenvalue weighted by atomic mass is 16.5. The number of para-hydroxylation sites is 1. The molecule has 1 atom stereocenters. The third-order valence-corrected chi connectivity index (χ3v) is 2.97. The van der Waals surface area contributed by atoms with Crippen LogP contribution in [0, 0.1) is 5.92 Å². The molecule has 0 aliphatic rings. The molecule has 1 rings (SSSR count). The number of hydrogen-bond acceptors (Lipinski definition) is 2. The van der Waals surface area contributed by atoms with Crippen LogP contribution in [0.3, 0.4) is 0 Å². The average Bonchev–Trinajstić information content (AvgIpc) is 2.34. The third kappa shape index (κ3) is 4.39. The fourth-order valence-electron chi connectivity index (χ4n) is 1.74. The molecule has 1 aromatic carbocycles. The van der Waals surface area contributed by atoms with Gasteiger partial charge in [0, 0.05) is 0 Å². The zero-order valence-electron chi connectivity index (χ0n) is 11.1. The lowest BCUT2D eigenvalue weighted by atomic mass is 10.1. The molecule has 1 aromatic rings. The Labute approximate surface area is 105 Å². The predicted molar refractivity (Wildman–Crippen MR) is 71.4 cm³/mol. The quantitative estimate of drug-likeness (QED) is 0.786. The number of unbranched alkanes of at least 4 members (excludes halogenated alkanes) is 1. The fourth-order valence-corrected chi connectivity index (χ4v) is 1.74. The molecule has 0 amide bonds. The molecule has 0 bridgehead atoms. The van der Waals surface area contributed by atoms with Crippen molar-refractivity contribution in [1.82, 2.24) is 0 Å². The second-order valence-electron chi connectivity index (χ2n) is 4.79. The lowest BCUT2D eigenvalue weighted by Crippen LogP contribution is -2.27. The largest absolute Gasteiger partial charge is 0.487 e. The molecule has 1 unspecified atom stereocenters. The van der Waals surface area contributed by atoms with E-state index in [2.05, 4.69) is 26.8 Å². The first kappa shape index (κ1) is 14.0. The van der Waals surface area contributed by atoms with E-state index >= 15 is 0 Å². The molecular weight excluding hydrogens is 212 g/mol. The van der Waals surface area contributed by atoms with Gasteiger partial charge in [-0.05, 0) is 30.4 Å². The van der Waals surface area contributed by atoms with Gasteiger partial charge in [-0.1, -0.05) is 45.4 Å². The molecule has 0 aromatic heterocycles. The minimum atomic E-state index is -0.113. The van der Waals surface area contributed by atoms with E-state index in [1.54, 1.807) is 0 Å². The van der Waals surface area contributed by atoms with Gasteiger partial charge in [0.1, 0.15) is 11.9 Å². The first-order chi connectivity index (χ1) is 8.19. The topological polar surface area (TPSA) is 29.5 Å². The van der Waals surface area contributed by atoms with Crippen molar-refractivity contribution >= 4 is 0 Å². The summed E-state index contributed by atoms with van der Waals surface area (Å²) in [5.74, 6) is 1.24. The molecule has 0 radical (unpaired) electrons. The van der Waals surface area contributed by atoms with Gasteiger partial charge in [-0.15, -0.1) is 0 Å².